The number of aryl methyl sites for hydroxylation is 1. The van der Waals surface area contributed by atoms with E-state index in [-0.39, 0.29) is 0 Å². The molecule has 0 aliphatic heterocycles. The number of nitrogens with zero attached hydrogens (tertiary/aromatic N) is 2. The average Bonchev–Trinajstić information content (AvgIpc) is 3.13. The van der Waals surface area contributed by atoms with Gasteiger partial charge in [0.1, 0.15) is 11.9 Å². The molecule has 0 spiro atoms. The standard InChI is InChI=1S/C19H14N4/c1-12-15(14-6-2-3-7-16(14)21-12)10-13(11-20)19-22-17-8-4-5-9-18(17)23-19/h2-10,21H,1H3,(H,22,23)/b13-10+. The van der Waals surface area contributed by atoms with Crippen LogP contribution in [0.15, 0.2) is 48.5 Å². The Morgan fingerprint density at radius 3 is 2.57 bits per heavy atom. The van der Waals surface area contributed by atoms with Gasteiger partial charge < -0.3 is 9.97 Å². The molecule has 2 aromatic carbocycles. The van der Waals surface area contributed by atoms with E-state index in [1.807, 2.05) is 55.5 Å². The molecule has 23 heavy (non-hydrogen) atoms. The van der Waals surface area contributed by atoms with Crippen LogP contribution in [0, 0.1) is 18.3 Å². The smallest absolute Gasteiger partial charge is 0.149 e. The van der Waals surface area contributed by atoms with E-state index in [0.29, 0.717) is 11.4 Å². The molecule has 0 atom stereocenters. The molecule has 0 bridgehead atoms. The molecule has 0 amide bonds. The van der Waals surface area contributed by atoms with Crippen molar-refractivity contribution in [2.75, 3.05) is 0 Å². The van der Waals surface area contributed by atoms with Crippen molar-refractivity contribution in [3.05, 3.63) is 65.6 Å². The lowest BCUT2D eigenvalue weighted by Gasteiger charge is -1.96. The van der Waals surface area contributed by atoms with Crippen molar-refractivity contribution >= 4 is 33.6 Å². The molecule has 0 fully saturated rings. The molecule has 0 aliphatic carbocycles. The number of rotatable bonds is 2. The first kappa shape index (κ1) is 13.4. The Balaban J connectivity index is 1.90. The minimum Gasteiger partial charge on any atom is -0.358 e. The van der Waals surface area contributed by atoms with Crippen molar-refractivity contribution < 1.29 is 0 Å². The van der Waals surface area contributed by atoms with E-state index in [9.17, 15) is 5.26 Å². The van der Waals surface area contributed by atoms with Crippen LogP contribution in [0.1, 0.15) is 17.1 Å². The van der Waals surface area contributed by atoms with Gasteiger partial charge in [0.25, 0.3) is 0 Å². The van der Waals surface area contributed by atoms with Crippen molar-refractivity contribution in [2.45, 2.75) is 6.92 Å². The molecular formula is C19H14N4. The summed E-state index contributed by atoms with van der Waals surface area (Å²) in [6.07, 6.45) is 1.89. The lowest BCUT2D eigenvalue weighted by molar-refractivity contribution is 1.27. The van der Waals surface area contributed by atoms with Gasteiger partial charge in [-0.1, -0.05) is 30.3 Å². The summed E-state index contributed by atoms with van der Waals surface area (Å²) in [5.41, 5.74) is 5.44. The Labute approximate surface area is 133 Å². The summed E-state index contributed by atoms with van der Waals surface area (Å²) in [5, 5.41) is 10.7. The van der Waals surface area contributed by atoms with E-state index >= 15 is 0 Å². The molecule has 2 aromatic heterocycles. The summed E-state index contributed by atoms with van der Waals surface area (Å²) >= 11 is 0. The van der Waals surface area contributed by atoms with E-state index < -0.39 is 0 Å². The number of fused-ring (bicyclic) bond motifs is 2. The highest BCUT2D eigenvalue weighted by atomic mass is 14.9. The first-order chi connectivity index (χ1) is 11.3. The van der Waals surface area contributed by atoms with Crippen molar-refractivity contribution in [2.24, 2.45) is 0 Å². The van der Waals surface area contributed by atoms with Gasteiger partial charge in [-0.15, -0.1) is 0 Å². The zero-order valence-electron chi connectivity index (χ0n) is 12.6. The van der Waals surface area contributed by atoms with Gasteiger partial charge in [-0.2, -0.15) is 5.26 Å². The van der Waals surface area contributed by atoms with Crippen LogP contribution in [0.3, 0.4) is 0 Å². The van der Waals surface area contributed by atoms with Crippen LogP contribution < -0.4 is 0 Å². The number of aromatic nitrogens is 3. The molecule has 4 nitrogen and oxygen atoms in total. The maximum absolute atomic E-state index is 9.58. The number of hydrogen-bond donors (Lipinski definition) is 2. The summed E-state index contributed by atoms with van der Waals surface area (Å²) in [6.45, 7) is 2.01. The fourth-order valence-corrected chi connectivity index (χ4v) is 2.86. The third kappa shape index (κ3) is 2.19. The number of imidazole rings is 1. The summed E-state index contributed by atoms with van der Waals surface area (Å²) in [7, 11) is 0. The first-order valence-electron chi connectivity index (χ1n) is 7.40. The molecule has 4 heteroatoms. The van der Waals surface area contributed by atoms with Gasteiger partial charge in [-0.05, 0) is 31.2 Å². The zero-order chi connectivity index (χ0) is 15.8. The van der Waals surface area contributed by atoms with Gasteiger partial charge in [-0.25, -0.2) is 4.98 Å². The second kappa shape index (κ2) is 5.15. The van der Waals surface area contributed by atoms with Gasteiger partial charge >= 0.3 is 0 Å². The van der Waals surface area contributed by atoms with Crippen molar-refractivity contribution in [1.82, 2.24) is 15.0 Å². The topological polar surface area (TPSA) is 68.3 Å². The zero-order valence-corrected chi connectivity index (χ0v) is 12.6. The second-order valence-corrected chi connectivity index (χ2v) is 5.48. The number of H-pyrrole nitrogens is 2. The van der Waals surface area contributed by atoms with Crippen molar-refractivity contribution in [3.63, 3.8) is 0 Å². The van der Waals surface area contributed by atoms with Crippen molar-refractivity contribution in [1.29, 1.82) is 5.26 Å². The Morgan fingerprint density at radius 2 is 1.78 bits per heavy atom. The molecule has 0 saturated heterocycles. The molecule has 2 N–H and O–H groups in total. The van der Waals surface area contributed by atoms with Gasteiger partial charge in [0.05, 0.1) is 16.6 Å². The Kier molecular flexibility index (Phi) is 2.99. The van der Waals surface area contributed by atoms with Crippen LogP contribution in [-0.2, 0) is 0 Å². The summed E-state index contributed by atoms with van der Waals surface area (Å²) < 4.78 is 0. The number of nitriles is 1. The fraction of sp³-hybridized carbons (Fsp3) is 0.0526. The van der Waals surface area contributed by atoms with E-state index in [1.54, 1.807) is 0 Å². The summed E-state index contributed by atoms with van der Waals surface area (Å²) in [4.78, 5) is 11.1. The quantitative estimate of drug-likeness (QED) is 0.538. The molecule has 0 saturated carbocycles. The molecule has 0 aliphatic rings. The molecule has 110 valence electrons. The number of hydrogen-bond acceptors (Lipinski definition) is 2. The maximum Gasteiger partial charge on any atom is 0.149 e. The SMILES string of the molecule is Cc1[nH]c2ccccc2c1/C=C(\C#N)c1nc2ccccc2[nH]1. The van der Waals surface area contributed by atoms with Gasteiger partial charge in [-0.3, -0.25) is 0 Å². The first-order valence-corrected chi connectivity index (χ1v) is 7.40. The minimum absolute atomic E-state index is 0.522. The fourth-order valence-electron chi connectivity index (χ4n) is 2.86. The highest BCUT2D eigenvalue weighted by Gasteiger charge is 2.11. The third-order valence-electron chi connectivity index (χ3n) is 4.00. The molecule has 4 rings (SSSR count). The van der Waals surface area contributed by atoms with Crippen LogP contribution in [0.2, 0.25) is 0 Å². The van der Waals surface area contributed by atoms with Gasteiger partial charge in [0, 0.05) is 22.2 Å². The average molecular weight is 298 g/mol. The molecule has 4 aromatic rings. The number of aromatic amines is 2. The lowest BCUT2D eigenvalue weighted by atomic mass is 10.1. The number of para-hydroxylation sites is 3. The summed E-state index contributed by atoms with van der Waals surface area (Å²) in [5.74, 6) is 0.596. The minimum atomic E-state index is 0.522. The van der Waals surface area contributed by atoms with Gasteiger partial charge in [0.15, 0.2) is 0 Å². The van der Waals surface area contributed by atoms with Crippen LogP contribution in [0.25, 0.3) is 33.6 Å². The molecular weight excluding hydrogens is 284 g/mol. The molecule has 2 heterocycles. The molecule has 0 radical (unpaired) electrons. The van der Waals surface area contributed by atoms with Crippen LogP contribution >= 0.6 is 0 Å². The largest absolute Gasteiger partial charge is 0.358 e. The van der Waals surface area contributed by atoms with Crippen LogP contribution in [0.5, 0.6) is 0 Å². The normalized spacial score (nSPS) is 11.9. The predicted octanol–water partition coefficient (Wildman–Crippen LogP) is 4.42. The molecule has 0 unspecified atom stereocenters. The second-order valence-electron chi connectivity index (χ2n) is 5.48. The Bertz CT molecular complexity index is 1060. The number of benzene rings is 2. The predicted molar refractivity (Wildman–Crippen MR) is 92.6 cm³/mol. The monoisotopic (exact) mass is 298 g/mol. The Hall–Kier alpha value is -3.32. The van der Waals surface area contributed by atoms with Gasteiger partial charge in [0.2, 0.25) is 0 Å². The summed E-state index contributed by atoms with van der Waals surface area (Å²) in [6, 6.07) is 18.1. The van der Waals surface area contributed by atoms with E-state index in [2.05, 4.69) is 27.1 Å². The number of nitrogens with one attached hydrogen (secondary N) is 2. The highest BCUT2D eigenvalue weighted by molar-refractivity contribution is 5.98. The highest BCUT2D eigenvalue weighted by Crippen LogP contribution is 2.26. The Morgan fingerprint density at radius 1 is 1.04 bits per heavy atom. The lowest BCUT2D eigenvalue weighted by Crippen LogP contribution is -1.85. The van der Waals surface area contributed by atoms with Crippen molar-refractivity contribution in [3.8, 4) is 6.07 Å². The third-order valence-corrected chi connectivity index (χ3v) is 4.00. The van der Waals surface area contributed by atoms with E-state index in [1.165, 1.54) is 0 Å². The van der Waals surface area contributed by atoms with E-state index in [4.69, 9.17) is 0 Å². The van der Waals surface area contributed by atoms with Crippen LogP contribution in [0.4, 0.5) is 0 Å². The van der Waals surface area contributed by atoms with E-state index in [0.717, 1.165) is 33.2 Å². The maximum atomic E-state index is 9.58. The number of allylic oxidation sites excluding steroid dienone is 1. The van der Waals surface area contributed by atoms with Crippen LogP contribution in [-0.4, -0.2) is 15.0 Å².